The summed E-state index contributed by atoms with van der Waals surface area (Å²) in [6.45, 7) is 3.92. The molecule has 0 radical (unpaired) electrons. The summed E-state index contributed by atoms with van der Waals surface area (Å²) in [5.74, 6) is -0.934. The van der Waals surface area contributed by atoms with Crippen LogP contribution in [0.25, 0.3) is 0 Å². The van der Waals surface area contributed by atoms with Crippen molar-refractivity contribution in [3.05, 3.63) is 57.6 Å². The standard InChI is InChI=1S/C15H14BrNO2/c1-9-3-5-12(15(18)19)14(7-9)17-11-4-6-13(16)10(2)8-11/h3-8,17H,1-2H3,(H,18,19). The Kier molecular flexibility index (Phi) is 3.90. The van der Waals surface area contributed by atoms with Gasteiger partial charge in [-0.15, -0.1) is 0 Å². The number of anilines is 2. The zero-order valence-corrected chi connectivity index (χ0v) is 12.3. The summed E-state index contributed by atoms with van der Waals surface area (Å²) in [6.07, 6.45) is 0. The predicted octanol–water partition coefficient (Wildman–Crippen LogP) is 4.51. The highest BCUT2D eigenvalue weighted by molar-refractivity contribution is 9.10. The Hall–Kier alpha value is -1.81. The molecule has 0 spiro atoms. The van der Waals surface area contributed by atoms with E-state index < -0.39 is 5.97 Å². The fraction of sp³-hybridized carbons (Fsp3) is 0.133. The number of aromatic carboxylic acids is 1. The first-order chi connectivity index (χ1) is 8.97. The van der Waals surface area contributed by atoms with Gasteiger partial charge in [0.15, 0.2) is 0 Å². The fourth-order valence-electron chi connectivity index (χ4n) is 1.83. The molecule has 0 aliphatic rings. The van der Waals surface area contributed by atoms with Crippen molar-refractivity contribution >= 4 is 33.3 Å². The topological polar surface area (TPSA) is 49.3 Å². The summed E-state index contributed by atoms with van der Waals surface area (Å²) >= 11 is 3.44. The second-order valence-corrected chi connectivity index (χ2v) is 5.30. The van der Waals surface area contributed by atoms with E-state index in [-0.39, 0.29) is 5.56 Å². The molecule has 2 aromatic carbocycles. The van der Waals surface area contributed by atoms with E-state index in [2.05, 4.69) is 21.2 Å². The first-order valence-electron chi connectivity index (χ1n) is 5.84. The maximum Gasteiger partial charge on any atom is 0.337 e. The molecule has 0 aliphatic heterocycles. The lowest BCUT2D eigenvalue weighted by molar-refractivity contribution is 0.0698. The third-order valence-electron chi connectivity index (χ3n) is 2.84. The molecule has 2 rings (SSSR count). The van der Waals surface area contributed by atoms with Gasteiger partial charge in [0, 0.05) is 10.2 Å². The molecule has 0 atom stereocenters. The molecule has 0 unspecified atom stereocenters. The van der Waals surface area contributed by atoms with Gasteiger partial charge in [-0.05, 0) is 55.3 Å². The van der Waals surface area contributed by atoms with Crippen molar-refractivity contribution in [3.63, 3.8) is 0 Å². The van der Waals surface area contributed by atoms with Gasteiger partial charge in [-0.1, -0.05) is 22.0 Å². The Bertz CT molecular complexity index is 638. The van der Waals surface area contributed by atoms with Crippen molar-refractivity contribution in [1.82, 2.24) is 0 Å². The van der Waals surface area contributed by atoms with E-state index in [1.807, 2.05) is 38.1 Å². The Labute approximate surface area is 120 Å². The van der Waals surface area contributed by atoms with Gasteiger partial charge in [-0.25, -0.2) is 4.79 Å². The molecule has 4 heteroatoms. The van der Waals surface area contributed by atoms with Gasteiger partial charge in [-0.3, -0.25) is 0 Å². The molecule has 0 heterocycles. The van der Waals surface area contributed by atoms with Crippen LogP contribution in [0.3, 0.4) is 0 Å². The smallest absolute Gasteiger partial charge is 0.337 e. The van der Waals surface area contributed by atoms with Gasteiger partial charge >= 0.3 is 5.97 Å². The zero-order valence-electron chi connectivity index (χ0n) is 10.7. The largest absolute Gasteiger partial charge is 0.478 e. The number of hydrogen-bond acceptors (Lipinski definition) is 2. The Morgan fingerprint density at radius 1 is 1.16 bits per heavy atom. The summed E-state index contributed by atoms with van der Waals surface area (Å²) in [5.41, 5.74) is 3.85. The number of rotatable bonds is 3. The lowest BCUT2D eigenvalue weighted by Gasteiger charge is -2.11. The van der Waals surface area contributed by atoms with Gasteiger partial charge in [0.2, 0.25) is 0 Å². The van der Waals surface area contributed by atoms with E-state index in [4.69, 9.17) is 0 Å². The minimum Gasteiger partial charge on any atom is -0.478 e. The Morgan fingerprint density at radius 3 is 2.53 bits per heavy atom. The molecule has 0 amide bonds. The second kappa shape index (κ2) is 5.45. The van der Waals surface area contributed by atoms with Crippen LogP contribution in [0, 0.1) is 13.8 Å². The lowest BCUT2D eigenvalue weighted by Crippen LogP contribution is -2.03. The number of nitrogens with one attached hydrogen (secondary N) is 1. The van der Waals surface area contributed by atoms with Gasteiger partial charge < -0.3 is 10.4 Å². The van der Waals surface area contributed by atoms with E-state index in [1.165, 1.54) is 0 Å². The number of halogens is 1. The van der Waals surface area contributed by atoms with Crippen molar-refractivity contribution in [3.8, 4) is 0 Å². The molecule has 98 valence electrons. The van der Waals surface area contributed by atoms with Crippen LogP contribution in [0.2, 0.25) is 0 Å². The van der Waals surface area contributed by atoms with E-state index in [0.29, 0.717) is 5.69 Å². The maximum atomic E-state index is 11.2. The SMILES string of the molecule is Cc1ccc(C(=O)O)c(Nc2ccc(Br)c(C)c2)c1. The number of carboxylic acid groups (broad SMARTS) is 1. The minimum atomic E-state index is -0.934. The molecule has 0 fully saturated rings. The van der Waals surface area contributed by atoms with E-state index in [0.717, 1.165) is 21.3 Å². The number of hydrogen-bond donors (Lipinski definition) is 2. The van der Waals surface area contributed by atoms with E-state index in [9.17, 15) is 9.90 Å². The van der Waals surface area contributed by atoms with E-state index >= 15 is 0 Å². The molecule has 0 saturated heterocycles. The van der Waals surface area contributed by atoms with E-state index in [1.54, 1.807) is 12.1 Å². The number of benzene rings is 2. The molecule has 0 saturated carbocycles. The molecule has 0 aliphatic carbocycles. The van der Waals surface area contributed by atoms with Crippen LogP contribution in [0.1, 0.15) is 21.5 Å². The number of aryl methyl sites for hydroxylation is 2. The average molecular weight is 320 g/mol. The van der Waals surface area contributed by atoms with Gasteiger partial charge in [0.25, 0.3) is 0 Å². The quantitative estimate of drug-likeness (QED) is 0.875. The molecule has 0 bridgehead atoms. The highest BCUT2D eigenvalue weighted by Gasteiger charge is 2.10. The van der Waals surface area contributed by atoms with Gasteiger partial charge in [-0.2, -0.15) is 0 Å². The van der Waals surface area contributed by atoms with Crippen LogP contribution in [0.15, 0.2) is 40.9 Å². The molecule has 0 aromatic heterocycles. The molecular weight excluding hydrogens is 306 g/mol. The van der Waals surface area contributed by atoms with Crippen LogP contribution in [0.4, 0.5) is 11.4 Å². The average Bonchev–Trinajstić information content (AvgIpc) is 2.33. The second-order valence-electron chi connectivity index (χ2n) is 4.44. The highest BCUT2D eigenvalue weighted by Crippen LogP contribution is 2.25. The van der Waals surface area contributed by atoms with Crippen LogP contribution in [-0.4, -0.2) is 11.1 Å². The summed E-state index contributed by atoms with van der Waals surface area (Å²) in [5, 5.41) is 12.3. The van der Waals surface area contributed by atoms with Crippen molar-refractivity contribution in [2.24, 2.45) is 0 Å². The third kappa shape index (κ3) is 3.15. The summed E-state index contributed by atoms with van der Waals surface area (Å²) in [7, 11) is 0. The summed E-state index contributed by atoms with van der Waals surface area (Å²) in [6, 6.07) is 11.1. The normalized spacial score (nSPS) is 10.3. The first-order valence-corrected chi connectivity index (χ1v) is 6.64. The third-order valence-corrected chi connectivity index (χ3v) is 3.73. The van der Waals surface area contributed by atoms with Crippen LogP contribution < -0.4 is 5.32 Å². The van der Waals surface area contributed by atoms with Gasteiger partial charge in [0.1, 0.15) is 0 Å². The molecule has 2 aromatic rings. The molecule has 2 N–H and O–H groups in total. The van der Waals surface area contributed by atoms with Gasteiger partial charge in [0.05, 0.1) is 11.3 Å². The van der Waals surface area contributed by atoms with Crippen molar-refractivity contribution in [2.45, 2.75) is 13.8 Å². The summed E-state index contributed by atoms with van der Waals surface area (Å²) < 4.78 is 1.03. The minimum absolute atomic E-state index is 0.270. The fourth-order valence-corrected chi connectivity index (χ4v) is 2.07. The van der Waals surface area contributed by atoms with Crippen molar-refractivity contribution in [2.75, 3.05) is 5.32 Å². The monoisotopic (exact) mass is 319 g/mol. The highest BCUT2D eigenvalue weighted by atomic mass is 79.9. The molecule has 3 nitrogen and oxygen atoms in total. The van der Waals surface area contributed by atoms with Crippen molar-refractivity contribution in [1.29, 1.82) is 0 Å². The maximum absolute atomic E-state index is 11.2. The number of carboxylic acids is 1. The molecular formula is C15H14BrNO2. The number of carbonyl (C=O) groups is 1. The zero-order chi connectivity index (χ0) is 14.0. The van der Waals surface area contributed by atoms with Crippen LogP contribution >= 0.6 is 15.9 Å². The van der Waals surface area contributed by atoms with Crippen LogP contribution in [-0.2, 0) is 0 Å². The summed E-state index contributed by atoms with van der Waals surface area (Å²) in [4.78, 5) is 11.2. The Balaban J connectivity index is 2.39. The Morgan fingerprint density at radius 2 is 1.89 bits per heavy atom. The lowest BCUT2D eigenvalue weighted by atomic mass is 10.1. The van der Waals surface area contributed by atoms with Crippen molar-refractivity contribution < 1.29 is 9.90 Å². The molecule has 19 heavy (non-hydrogen) atoms. The predicted molar refractivity (Wildman–Crippen MR) is 80.3 cm³/mol. The first kappa shape index (κ1) is 13.6. The van der Waals surface area contributed by atoms with Crippen LogP contribution in [0.5, 0.6) is 0 Å².